The minimum Gasteiger partial charge on any atom is -0.396 e. The molecule has 96 valence electrons. The molecular formula is C12H19O4P. The van der Waals surface area contributed by atoms with Crippen molar-refractivity contribution in [2.75, 3.05) is 19.8 Å². The van der Waals surface area contributed by atoms with Crippen LogP contribution in [0.25, 0.3) is 0 Å². The van der Waals surface area contributed by atoms with Crippen LogP contribution in [0.5, 0.6) is 0 Å². The molecule has 1 aromatic rings. The highest BCUT2D eigenvalue weighted by molar-refractivity contribution is 7.62. The molecule has 0 aliphatic heterocycles. The first-order chi connectivity index (χ1) is 8.23. The van der Waals surface area contributed by atoms with E-state index in [0.717, 1.165) is 6.42 Å². The van der Waals surface area contributed by atoms with E-state index in [-0.39, 0.29) is 13.2 Å². The SMILES string of the molecule is CCCOP(=O)(OCCCO)c1ccccc1. The van der Waals surface area contributed by atoms with Crippen molar-refractivity contribution < 1.29 is 18.7 Å². The Labute approximate surface area is 102 Å². The highest BCUT2D eigenvalue weighted by Crippen LogP contribution is 2.47. The second-order valence-corrected chi connectivity index (χ2v) is 5.60. The van der Waals surface area contributed by atoms with Crippen molar-refractivity contribution in [3.63, 3.8) is 0 Å². The molecule has 0 aliphatic rings. The fourth-order valence-corrected chi connectivity index (χ4v) is 2.96. The minimum atomic E-state index is -3.23. The maximum Gasteiger partial charge on any atom is 0.361 e. The maximum atomic E-state index is 12.5. The molecule has 0 bridgehead atoms. The van der Waals surface area contributed by atoms with Crippen molar-refractivity contribution in [3.05, 3.63) is 30.3 Å². The standard InChI is InChI=1S/C12H19O4P/c1-2-10-15-17(14,16-11-6-9-13)12-7-4-3-5-8-12/h3-5,7-8,13H,2,6,9-11H2,1H3. The lowest BCUT2D eigenvalue weighted by Crippen LogP contribution is -2.11. The zero-order valence-corrected chi connectivity index (χ0v) is 10.9. The van der Waals surface area contributed by atoms with Crippen LogP contribution >= 0.6 is 7.60 Å². The molecule has 4 nitrogen and oxygen atoms in total. The molecule has 1 aromatic carbocycles. The molecule has 1 atom stereocenters. The van der Waals surface area contributed by atoms with E-state index in [2.05, 4.69) is 0 Å². The average Bonchev–Trinajstić information content (AvgIpc) is 2.38. The Bertz CT molecular complexity index is 353. The van der Waals surface area contributed by atoms with Gasteiger partial charge in [-0.15, -0.1) is 0 Å². The lowest BCUT2D eigenvalue weighted by Gasteiger charge is -2.18. The molecule has 0 heterocycles. The van der Waals surface area contributed by atoms with Crippen molar-refractivity contribution in [2.45, 2.75) is 19.8 Å². The van der Waals surface area contributed by atoms with Crippen LogP contribution in [0.2, 0.25) is 0 Å². The van der Waals surface area contributed by atoms with Crippen molar-refractivity contribution in [3.8, 4) is 0 Å². The first kappa shape index (κ1) is 14.4. The lowest BCUT2D eigenvalue weighted by atomic mass is 10.4. The van der Waals surface area contributed by atoms with Crippen molar-refractivity contribution >= 4 is 12.9 Å². The Morgan fingerprint density at radius 2 is 1.82 bits per heavy atom. The molecule has 5 heteroatoms. The van der Waals surface area contributed by atoms with Gasteiger partial charge in [0.05, 0.1) is 18.5 Å². The monoisotopic (exact) mass is 258 g/mol. The maximum absolute atomic E-state index is 12.5. The van der Waals surface area contributed by atoms with Gasteiger partial charge in [-0.1, -0.05) is 25.1 Å². The summed E-state index contributed by atoms with van der Waals surface area (Å²) in [6.45, 7) is 2.59. The van der Waals surface area contributed by atoms with E-state index in [9.17, 15) is 4.57 Å². The van der Waals surface area contributed by atoms with Crippen molar-refractivity contribution in [1.29, 1.82) is 0 Å². The van der Waals surface area contributed by atoms with Gasteiger partial charge in [0.15, 0.2) is 0 Å². The minimum absolute atomic E-state index is 0.0164. The molecular weight excluding hydrogens is 239 g/mol. The van der Waals surface area contributed by atoms with Crippen LogP contribution in [0.4, 0.5) is 0 Å². The van der Waals surface area contributed by atoms with Gasteiger partial charge in [-0.05, 0) is 25.0 Å². The molecule has 0 saturated heterocycles. The summed E-state index contributed by atoms with van der Waals surface area (Å²) in [5, 5.41) is 9.26. The molecule has 0 radical (unpaired) electrons. The van der Waals surface area contributed by atoms with Gasteiger partial charge in [0.2, 0.25) is 0 Å². The van der Waals surface area contributed by atoms with E-state index in [0.29, 0.717) is 18.3 Å². The van der Waals surface area contributed by atoms with Crippen LogP contribution in [0.1, 0.15) is 19.8 Å². The molecule has 0 fully saturated rings. The second kappa shape index (κ2) is 7.62. The predicted molar refractivity (Wildman–Crippen MR) is 67.6 cm³/mol. The number of hydrogen-bond acceptors (Lipinski definition) is 4. The van der Waals surface area contributed by atoms with E-state index < -0.39 is 7.60 Å². The van der Waals surface area contributed by atoms with E-state index in [1.807, 2.05) is 13.0 Å². The molecule has 0 spiro atoms. The summed E-state index contributed by atoms with van der Waals surface area (Å²) in [7, 11) is -3.23. The summed E-state index contributed by atoms with van der Waals surface area (Å²) < 4.78 is 23.2. The topological polar surface area (TPSA) is 55.8 Å². The largest absolute Gasteiger partial charge is 0.396 e. The van der Waals surface area contributed by atoms with Gasteiger partial charge in [-0.3, -0.25) is 4.57 Å². The van der Waals surface area contributed by atoms with Crippen LogP contribution in [0, 0.1) is 0 Å². The number of hydrogen-bond donors (Lipinski definition) is 1. The smallest absolute Gasteiger partial charge is 0.361 e. The molecule has 0 aromatic heterocycles. The first-order valence-electron chi connectivity index (χ1n) is 5.78. The molecule has 0 aliphatic carbocycles. The molecule has 0 amide bonds. The van der Waals surface area contributed by atoms with Crippen molar-refractivity contribution in [1.82, 2.24) is 0 Å². The van der Waals surface area contributed by atoms with Crippen LogP contribution in [0.3, 0.4) is 0 Å². The van der Waals surface area contributed by atoms with Gasteiger partial charge in [0, 0.05) is 6.61 Å². The van der Waals surface area contributed by atoms with Gasteiger partial charge in [-0.2, -0.15) is 0 Å². The third-order valence-corrected chi connectivity index (χ3v) is 4.08. The van der Waals surface area contributed by atoms with Crippen LogP contribution in [0.15, 0.2) is 30.3 Å². The second-order valence-electron chi connectivity index (χ2n) is 3.58. The number of aliphatic hydroxyl groups excluding tert-OH is 1. The summed E-state index contributed by atoms with van der Waals surface area (Å²) in [5.41, 5.74) is 0. The highest BCUT2D eigenvalue weighted by atomic mass is 31.2. The van der Waals surface area contributed by atoms with Gasteiger partial charge in [0.25, 0.3) is 0 Å². The summed E-state index contributed by atoms with van der Waals surface area (Å²) >= 11 is 0. The lowest BCUT2D eigenvalue weighted by molar-refractivity contribution is 0.191. The summed E-state index contributed by atoms with van der Waals surface area (Å²) in [5.74, 6) is 0. The third kappa shape index (κ3) is 4.60. The Kier molecular flexibility index (Phi) is 6.45. The molecule has 1 N–H and O–H groups in total. The molecule has 1 rings (SSSR count). The fraction of sp³-hybridized carbons (Fsp3) is 0.500. The van der Waals surface area contributed by atoms with Gasteiger partial charge in [0.1, 0.15) is 0 Å². The number of aliphatic hydroxyl groups is 1. The zero-order valence-electron chi connectivity index (χ0n) is 10.0. The normalized spacial score (nSPS) is 14.5. The average molecular weight is 258 g/mol. The predicted octanol–water partition coefficient (Wildman–Crippen LogP) is 2.33. The Morgan fingerprint density at radius 3 is 2.41 bits per heavy atom. The van der Waals surface area contributed by atoms with Gasteiger partial charge < -0.3 is 14.2 Å². The summed E-state index contributed by atoms with van der Waals surface area (Å²) in [4.78, 5) is 0. The van der Waals surface area contributed by atoms with Gasteiger partial charge >= 0.3 is 7.60 Å². The van der Waals surface area contributed by atoms with Crippen molar-refractivity contribution in [2.24, 2.45) is 0 Å². The van der Waals surface area contributed by atoms with E-state index >= 15 is 0 Å². The van der Waals surface area contributed by atoms with Crippen LogP contribution in [-0.2, 0) is 13.6 Å². The van der Waals surface area contributed by atoms with E-state index in [1.54, 1.807) is 24.3 Å². The molecule has 17 heavy (non-hydrogen) atoms. The third-order valence-electron chi connectivity index (χ3n) is 2.10. The Hall–Kier alpha value is -0.670. The quantitative estimate of drug-likeness (QED) is 0.574. The fourth-order valence-electron chi connectivity index (χ4n) is 1.26. The first-order valence-corrected chi connectivity index (χ1v) is 7.33. The Morgan fingerprint density at radius 1 is 1.18 bits per heavy atom. The number of rotatable bonds is 8. The zero-order chi connectivity index (χ0) is 12.6. The summed E-state index contributed by atoms with van der Waals surface area (Å²) in [6.07, 6.45) is 1.23. The Balaban J connectivity index is 2.75. The van der Waals surface area contributed by atoms with E-state index in [1.165, 1.54) is 0 Å². The summed E-state index contributed by atoms with van der Waals surface area (Å²) in [6, 6.07) is 8.91. The number of benzene rings is 1. The molecule has 0 saturated carbocycles. The van der Waals surface area contributed by atoms with Crippen LogP contribution in [-0.4, -0.2) is 24.9 Å². The van der Waals surface area contributed by atoms with Crippen LogP contribution < -0.4 is 5.30 Å². The van der Waals surface area contributed by atoms with E-state index in [4.69, 9.17) is 14.2 Å². The highest BCUT2D eigenvalue weighted by Gasteiger charge is 2.26. The molecule has 1 unspecified atom stereocenters. The van der Waals surface area contributed by atoms with Gasteiger partial charge in [-0.25, -0.2) is 0 Å².